The van der Waals surface area contributed by atoms with Gasteiger partial charge in [0, 0.05) is 26.2 Å². The van der Waals surface area contributed by atoms with Crippen LogP contribution in [0.2, 0.25) is 0 Å². The van der Waals surface area contributed by atoms with Gasteiger partial charge in [-0.3, -0.25) is 14.5 Å². The predicted octanol–water partition coefficient (Wildman–Crippen LogP) is 0.801. The quantitative estimate of drug-likeness (QED) is 0.602. The highest BCUT2D eigenvalue weighted by molar-refractivity contribution is 5.81. The first-order chi connectivity index (χ1) is 9.46. The van der Waals surface area contributed by atoms with Gasteiger partial charge in [0.1, 0.15) is 0 Å². The summed E-state index contributed by atoms with van der Waals surface area (Å²) in [6.07, 6.45) is 1.15. The number of esters is 1. The van der Waals surface area contributed by atoms with Gasteiger partial charge in [0.05, 0.1) is 26.2 Å². The lowest BCUT2D eigenvalue weighted by Crippen LogP contribution is -2.49. The van der Waals surface area contributed by atoms with Gasteiger partial charge in [-0.2, -0.15) is 0 Å². The Morgan fingerprint density at radius 3 is 2.35 bits per heavy atom. The molecule has 20 heavy (non-hydrogen) atoms. The fraction of sp³-hybridized carbons (Fsp3) is 0.857. The van der Waals surface area contributed by atoms with E-state index in [0.717, 1.165) is 6.42 Å². The minimum atomic E-state index is -0.302. The van der Waals surface area contributed by atoms with Crippen molar-refractivity contribution in [3.63, 3.8) is 0 Å². The van der Waals surface area contributed by atoms with Crippen molar-refractivity contribution in [2.45, 2.75) is 45.7 Å². The monoisotopic (exact) mass is 288 g/mol. The maximum Gasteiger partial charge on any atom is 0.306 e. The SMILES string of the molecule is CCC(C)NC(=O)C(C)N(CCOC)CCC(=O)OC. The van der Waals surface area contributed by atoms with Crippen molar-refractivity contribution in [2.75, 3.05) is 33.9 Å². The van der Waals surface area contributed by atoms with Crippen LogP contribution in [0.5, 0.6) is 0 Å². The Morgan fingerprint density at radius 2 is 1.85 bits per heavy atom. The van der Waals surface area contributed by atoms with E-state index in [1.54, 1.807) is 7.11 Å². The van der Waals surface area contributed by atoms with Crippen molar-refractivity contribution in [1.29, 1.82) is 0 Å². The Kier molecular flexibility index (Phi) is 10.0. The molecule has 2 unspecified atom stereocenters. The molecule has 0 saturated carbocycles. The van der Waals surface area contributed by atoms with E-state index in [4.69, 9.17) is 4.74 Å². The molecule has 0 radical (unpaired) electrons. The Labute approximate surface area is 121 Å². The van der Waals surface area contributed by atoms with E-state index >= 15 is 0 Å². The third-order valence-electron chi connectivity index (χ3n) is 3.34. The number of amides is 1. The van der Waals surface area contributed by atoms with Crippen LogP contribution in [0.1, 0.15) is 33.6 Å². The molecule has 2 atom stereocenters. The number of methoxy groups -OCH3 is 2. The van der Waals surface area contributed by atoms with Gasteiger partial charge < -0.3 is 14.8 Å². The zero-order valence-corrected chi connectivity index (χ0v) is 13.3. The van der Waals surface area contributed by atoms with Crippen LogP contribution in [0.4, 0.5) is 0 Å². The topological polar surface area (TPSA) is 67.9 Å². The number of hydrogen-bond donors (Lipinski definition) is 1. The smallest absolute Gasteiger partial charge is 0.306 e. The van der Waals surface area contributed by atoms with E-state index in [1.165, 1.54) is 7.11 Å². The highest BCUT2D eigenvalue weighted by Crippen LogP contribution is 2.03. The fourth-order valence-corrected chi connectivity index (χ4v) is 1.68. The lowest BCUT2D eigenvalue weighted by Gasteiger charge is -2.28. The molecule has 6 heteroatoms. The predicted molar refractivity (Wildman–Crippen MR) is 77.4 cm³/mol. The van der Waals surface area contributed by atoms with Crippen LogP contribution in [0.15, 0.2) is 0 Å². The molecular weight excluding hydrogens is 260 g/mol. The van der Waals surface area contributed by atoms with Crippen molar-refractivity contribution in [3.8, 4) is 0 Å². The summed E-state index contributed by atoms with van der Waals surface area (Å²) in [4.78, 5) is 25.3. The highest BCUT2D eigenvalue weighted by Gasteiger charge is 2.22. The van der Waals surface area contributed by atoms with E-state index in [-0.39, 0.29) is 30.4 Å². The molecule has 0 aromatic heterocycles. The lowest BCUT2D eigenvalue weighted by molar-refractivity contribution is -0.141. The molecule has 1 N–H and O–H groups in total. The Hall–Kier alpha value is -1.14. The van der Waals surface area contributed by atoms with E-state index in [1.807, 2.05) is 25.7 Å². The molecule has 0 rings (SSSR count). The maximum absolute atomic E-state index is 12.1. The number of nitrogens with one attached hydrogen (secondary N) is 1. The number of rotatable bonds is 10. The van der Waals surface area contributed by atoms with Crippen LogP contribution < -0.4 is 5.32 Å². The molecule has 0 aromatic carbocycles. The normalized spacial score (nSPS) is 13.9. The van der Waals surface area contributed by atoms with Crippen LogP contribution in [0, 0.1) is 0 Å². The van der Waals surface area contributed by atoms with E-state index in [0.29, 0.717) is 19.7 Å². The summed E-state index contributed by atoms with van der Waals surface area (Å²) in [5, 5.41) is 2.95. The van der Waals surface area contributed by atoms with Crippen molar-refractivity contribution in [1.82, 2.24) is 10.2 Å². The Bertz CT molecular complexity index is 297. The first-order valence-electron chi connectivity index (χ1n) is 7.06. The molecule has 0 bridgehead atoms. The summed E-state index contributed by atoms with van der Waals surface area (Å²) in [6.45, 7) is 7.43. The van der Waals surface area contributed by atoms with Gasteiger partial charge in [0.15, 0.2) is 0 Å². The van der Waals surface area contributed by atoms with Crippen LogP contribution >= 0.6 is 0 Å². The maximum atomic E-state index is 12.1. The molecule has 0 aliphatic carbocycles. The molecule has 0 fully saturated rings. The van der Waals surface area contributed by atoms with E-state index in [2.05, 4.69) is 10.1 Å². The van der Waals surface area contributed by atoms with E-state index in [9.17, 15) is 9.59 Å². The van der Waals surface area contributed by atoms with Crippen LogP contribution in [-0.2, 0) is 19.1 Å². The molecule has 0 heterocycles. The molecule has 0 spiro atoms. The summed E-state index contributed by atoms with van der Waals surface area (Å²) in [5.41, 5.74) is 0. The second-order valence-corrected chi connectivity index (χ2v) is 4.85. The second kappa shape index (κ2) is 10.6. The molecule has 0 aromatic rings. The molecule has 1 amide bonds. The number of carbonyl (C=O) groups is 2. The van der Waals surface area contributed by atoms with Gasteiger partial charge in [0.25, 0.3) is 0 Å². The van der Waals surface area contributed by atoms with Crippen molar-refractivity contribution in [2.24, 2.45) is 0 Å². The van der Waals surface area contributed by atoms with Crippen LogP contribution in [0.25, 0.3) is 0 Å². The first kappa shape index (κ1) is 18.9. The zero-order chi connectivity index (χ0) is 15.5. The largest absolute Gasteiger partial charge is 0.469 e. The number of nitrogens with zero attached hydrogens (tertiary/aromatic N) is 1. The van der Waals surface area contributed by atoms with Gasteiger partial charge in [-0.05, 0) is 20.3 Å². The van der Waals surface area contributed by atoms with E-state index < -0.39 is 0 Å². The summed E-state index contributed by atoms with van der Waals surface area (Å²) in [7, 11) is 2.98. The first-order valence-corrected chi connectivity index (χ1v) is 7.06. The third kappa shape index (κ3) is 7.45. The molecule has 0 saturated heterocycles. The van der Waals surface area contributed by atoms with Crippen molar-refractivity contribution in [3.05, 3.63) is 0 Å². The minimum absolute atomic E-state index is 0.0275. The average molecular weight is 288 g/mol. The van der Waals surface area contributed by atoms with Gasteiger partial charge in [-0.25, -0.2) is 0 Å². The van der Waals surface area contributed by atoms with Gasteiger partial charge in [-0.15, -0.1) is 0 Å². The standard InChI is InChI=1S/C14H28N2O4/c1-6-11(2)15-14(18)12(3)16(9-10-19-4)8-7-13(17)20-5/h11-12H,6-10H2,1-5H3,(H,15,18). The summed E-state index contributed by atoms with van der Waals surface area (Å²) in [6, 6.07) is -0.154. The molecule has 0 aliphatic rings. The molecule has 6 nitrogen and oxygen atoms in total. The number of ether oxygens (including phenoxy) is 2. The highest BCUT2D eigenvalue weighted by atomic mass is 16.5. The van der Waals surface area contributed by atoms with Crippen LogP contribution in [0.3, 0.4) is 0 Å². The summed E-state index contributed by atoms with van der Waals surface area (Å²) in [5.74, 6) is -0.303. The van der Waals surface area contributed by atoms with Gasteiger partial charge in [0.2, 0.25) is 5.91 Å². The van der Waals surface area contributed by atoms with Gasteiger partial charge >= 0.3 is 5.97 Å². The van der Waals surface area contributed by atoms with Crippen LogP contribution in [-0.4, -0.2) is 62.8 Å². The van der Waals surface area contributed by atoms with Crippen molar-refractivity contribution < 1.29 is 19.1 Å². The zero-order valence-electron chi connectivity index (χ0n) is 13.3. The summed E-state index contributed by atoms with van der Waals surface area (Å²) >= 11 is 0. The molecule has 118 valence electrons. The average Bonchev–Trinajstić information content (AvgIpc) is 2.45. The summed E-state index contributed by atoms with van der Waals surface area (Å²) < 4.78 is 9.68. The Morgan fingerprint density at radius 1 is 1.20 bits per heavy atom. The number of hydrogen-bond acceptors (Lipinski definition) is 5. The minimum Gasteiger partial charge on any atom is -0.469 e. The lowest BCUT2D eigenvalue weighted by atomic mass is 10.2. The third-order valence-corrected chi connectivity index (χ3v) is 3.34. The number of carbonyl (C=O) groups excluding carboxylic acids is 2. The Balaban J connectivity index is 4.49. The fourth-order valence-electron chi connectivity index (χ4n) is 1.68. The van der Waals surface area contributed by atoms with Gasteiger partial charge in [-0.1, -0.05) is 6.92 Å². The molecule has 0 aliphatic heterocycles. The molecular formula is C14H28N2O4. The van der Waals surface area contributed by atoms with Crippen molar-refractivity contribution >= 4 is 11.9 Å². The second-order valence-electron chi connectivity index (χ2n) is 4.85.